The summed E-state index contributed by atoms with van der Waals surface area (Å²) in [5.41, 5.74) is 7.87. The predicted octanol–water partition coefficient (Wildman–Crippen LogP) is 4.59. The maximum absolute atomic E-state index is 6.52. The van der Waals surface area contributed by atoms with Crippen molar-refractivity contribution < 1.29 is 0 Å². The molecule has 118 valence electrons. The predicted molar refractivity (Wildman–Crippen MR) is 94.3 cm³/mol. The minimum Gasteiger partial charge on any atom is -0.326 e. The third kappa shape index (κ3) is 3.88. The molecule has 0 radical (unpaired) electrons. The van der Waals surface area contributed by atoms with Gasteiger partial charge in [-0.05, 0) is 49.3 Å². The molecule has 1 aliphatic heterocycles. The molecule has 1 saturated heterocycles. The molecule has 1 aromatic rings. The van der Waals surface area contributed by atoms with Gasteiger partial charge in [0, 0.05) is 23.1 Å². The minimum atomic E-state index is 0.186. The quantitative estimate of drug-likeness (QED) is 0.858. The van der Waals surface area contributed by atoms with Gasteiger partial charge in [0.1, 0.15) is 0 Å². The summed E-state index contributed by atoms with van der Waals surface area (Å²) >= 11 is 3.53. The van der Waals surface area contributed by atoms with Crippen LogP contribution < -0.4 is 5.73 Å². The van der Waals surface area contributed by atoms with Crippen LogP contribution in [0.1, 0.15) is 52.1 Å². The third-order valence-corrected chi connectivity index (χ3v) is 5.62. The Morgan fingerprint density at radius 2 is 1.86 bits per heavy atom. The van der Waals surface area contributed by atoms with Gasteiger partial charge >= 0.3 is 0 Å². The SMILES string of the molecule is CCC(N)C(c1ccc(Br)cc1)N1CC(C)CC(C)C1C. The van der Waals surface area contributed by atoms with Crippen molar-refractivity contribution in [3.8, 4) is 0 Å². The summed E-state index contributed by atoms with van der Waals surface area (Å²) in [5.74, 6) is 1.48. The minimum absolute atomic E-state index is 0.186. The number of nitrogens with zero attached hydrogens (tertiary/aromatic N) is 1. The van der Waals surface area contributed by atoms with Crippen molar-refractivity contribution in [3.05, 3.63) is 34.3 Å². The zero-order valence-corrected chi connectivity index (χ0v) is 15.3. The Bertz CT molecular complexity index is 445. The van der Waals surface area contributed by atoms with E-state index in [9.17, 15) is 0 Å². The van der Waals surface area contributed by atoms with Gasteiger partial charge in [-0.15, -0.1) is 0 Å². The monoisotopic (exact) mass is 352 g/mol. The van der Waals surface area contributed by atoms with E-state index >= 15 is 0 Å². The van der Waals surface area contributed by atoms with E-state index in [2.05, 4.69) is 72.8 Å². The van der Waals surface area contributed by atoms with E-state index in [1.165, 1.54) is 12.0 Å². The highest BCUT2D eigenvalue weighted by atomic mass is 79.9. The van der Waals surface area contributed by atoms with Crippen LogP contribution in [0.15, 0.2) is 28.7 Å². The van der Waals surface area contributed by atoms with Gasteiger partial charge in [0.05, 0.1) is 6.04 Å². The van der Waals surface area contributed by atoms with Gasteiger partial charge in [0.15, 0.2) is 0 Å². The molecule has 2 rings (SSSR count). The van der Waals surface area contributed by atoms with Gasteiger partial charge in [0.25, 0.3) is 0 Å². The van der Waals surface area contributed by atoms with Crippen LogP contribution in [0.5, 0.6) is 0 Å². The third-order valence-electron chi connectivity index (χ3n) is 5.09. The van der Waals surface area contributed by atoms with Gasteiger partial charge < -0.3 is 5.73 Å². The molecule has 21 heavy (non-hydrogen) atoms. The van der Waals surface area contributed by atoms with Gasteiger partial charge in [-0.3, -0.25) is 4.90 Å². The average Bonchev–Trinajstić information content (AvgIpc) is 2.46. The van der Waals surface area contributed by atoms with Crippen LogP contribution in [0.25, 0.3) is 0 Å². The molecule has 0 bridgehead atoms. The van der Waals surface area contributed by atoms with Crippen LogP contribution >= 0.6 is 15.9 Å². The largest absolute Gasteiger partial charge is 0.326 e. The lowest BCUT2D eigenvalue weighted by atomic mass is 9.82. The maximum atomic E-state index is 6.52. The van der Waals surface area contributed by atoms with Gasteiger partial charge in [-0.2, -0.15) is 0 Å². The van der Waals surface area contributed by atoms with Crippen molar-refractivity contribution in [2.24, 2.45) is 17.6 Å². The summed E-state index contributed by atoms with van der Waals surface area (Å²) < 4.78 is 1.13. The Morgan fingerprint density at radius 1 is 1.24 bits per heavy atom. The first-order valence-corrected chi connectivity index (χ1v) is 9.00. The lowest BCUT2D eigenvalue weighted by molar-refractivity contribution is 0.0287. The summed E-state index contributed by atoms with van der Waals surface area (Å²) in [7, 11) is 0. The van der Waals surface area contributed by atoms with E-state index in [1.54, 1.807) is 0 Å². The smallest absolute Gasteiger partial charge is 0.0502 e. The lowest BCUT2D eigenvalue weighted by Gasteiger charge is -2.47. The Kier molecular flexibility index (Phi) is 5.87. The van der Waals surface area contributed by atoms with Crippen LogP contribution in [0.2, 0.25) is 0 Å². The summed E-state index contributed by atoms with van der Waals surface area (Å²) in [6, 6.07) is 9.81. The number of nitrogens with two attached hydrogens (primary N) is 1. The second-order valence-corrected chi connectivity index (χ2v) is 7.74. The molecule has 1 fully saturated rings. The first-order chi connectivity index (χ1) is 9.93. The average molecular weight is 353 g/mol. The second kappa shape index (κ2) is 7.26. The lowest BCUT2D eigenvalue weighted by Crippen LogP contribution is -2.52. The van der Waals surface area contributed by atoms with Crippen LogP contribution in [0.3, 0.4) is 0 Å². The van der Waals surface area contributed by atoms with E-state index in [0.29, 0.717) is 12.1 Å². The Morgan fingerprint density at radius 3 is 2.43 bits per heavy atom. The first kappa shape index (κ1) is 17.0. The maximum Gasteiger partial charge on any atom is 0.0502 e. The zero-order chi connectivity index (χ0) is 15.6. The molecular formula is C18H29BrN2. The van der Waals surface area contributed by atoms with Gasteiger partial charge in [-0.25, -0.2) is 0 Å². The molecular weight excluding hydrogens is 324 g/mol. The fourth-order valence-electron chi connectivity index (χ4n) is 3.69. The van der Waals surface area contributed by atoms with E-state index in [-0.39, 0.29) is 6.04 Å². The van der Waals surface area contributed by atoms with E-state index < -0.39 is 0 Å². The molecule has 1 aromatic carbocycles. The first-order valence-electron chi connectivity index (χ1n) is 8.20. The molecule has 0 amide bonds. The number of benzene rings is 1. The molecule has 1 heterocycles. The Labute approximate surface area is 138 Å². The number of likely N-dealkylation sites (tertiary alicyclic amines) is 1. The standard InChI is InChI=1S/C18H29BrN2/c1-5-17(20)18(15-6-8-16(19)9-7-15)21-11-12(2)10-13(3)14(21)4/h6-9,12-14,17-18H,5,10-11,20H2,1-4H3. The fraction of sp³-hybridized carbons (Fsp3) is 0.667. The normalized spacial score (nSPS) is 30.1. The van der Waals surface area contributed by atoms with E-state index in [0.717, 1.165) is 29.3 Å². The van der Waals surface area contributed by atoms with Crippen LogP contribution in [-0.2, 0) is 0 Å². The van der Waals surface area contributed by atoms with Crippen molar-refractivity contribution in [1.82, 2.24) is 4.90 Å². The van der Waals surface area contributed by atoms with Crippen molar-refractivity contribution in [2.75, 3.05) is 6.54 Å². The van der Waals surface area contributed by atoms with Crippen molar-refractivity contribution in [3.63, 3.8) is 0 Å². The second-order valence-electron chi connectivity index (χ2n) is 6.82. The highest BCUT2D eigenvalue weighted by molar-refractivity contribution is 9.10. The van der Waals surface area contributed by atoms with Crippen LogP contribution in [0.4, 0.5) is 0 Å². The topological polar surface area (TPSA) is 29.3 Å². The summed E-state index contributed by atoms with van der Waals surface area (Å²) in [5, 5.41) is 0. The van der Waals surface area contributed by atoms with Crippen LogP contribution in [-0.4, -0.2) is 23.5 Å². The number of rotatable bonds is 4. The van der Waals surface area contributed by atoms with Crippen LogP contribution in [0, 0.1) is 11.8 Å². The molecule has 0 aromatic heterocycles. The van der Waals surface area contributed by atoms with E-state index in [1.807, 2.05) is 0 Å². The summed E-state index contributed by atoms with van der Waals surface area (Å²) in [4.78, 5) is 2.65. The Balaban J connectivity index is 2.33. The van der Waals surface area contributed by atoms with Crippen molar-refractivity contribution >= 4 is 15.9 Å². The molecule has 3 heteroatoms. The zero-order valence-electron chi connectivity index (χ0n) is 13.7. The molecule has 0 aliphatic carbocycles. The van der Waals surface area contributed by atoms with Gasteiger partial charge in [-0.1, -0.05) is 48.8 Å². The molecule has 5 unspecified atom stereocenters. The van der Waals surface area contributed by atoms with Gasteiger partial charge in [0.2, 0.25) is 0 Å². The molecule has 5 atom stereocenters. The highest BCUT2D eigenvalue weighted by Gasteiger charge is 2.36. The van der Waals surface area contributed by atoms with E-state index in [4.69, 9.17) is 5.73 Å². The molecule has 0 saturated carbocycles. The number of halogens is 1. The number of hydrogen-bond acceptors (Lipinski definition) is 2. The summed E-state index contributed by atoms with van der Waals surface area (Å²) in [6.07, 6.45) is 2.33. The highest BCUT2D eigenvalue weighted by Crippen LogP contribution is 2.36. The molecule has 2 N–H and O–H groups in total. The molecule has 0 spiro atoms. The molecule has 1 aliphatic rings. The molecule has 2 nitrogen and oxygen atoms in total. The number of piperidine rings is 1. The van der Waals surface area contributed by atoms with Crippen molar-refractivity contribution in [1.29, 1.82) is 0 Å². The number of hydrogen-bond donors (Lipinski definition) is 1. The summed E-state index contributed by atoms with van der Waals surface area (Å²) in [6.45, 7) is 10.5. The fourth-order valence-corrected chi connectivity index (χ4v) is 3.96. The Hall–Kier alpha value is -0.380. The van der Waals surface area contributed by atoms with Crippen molar-refractivity contribution in [2.45, 2.75) is 58.7 Å².